The summed E-state index contributed by atoms with van der Waals surface area (Å²) in [6, 6.07) is 25.7. The van der Waals surface area contributed by atoms with Gasteiger partial charge in [-0.15, -0.1) is 0 Å². The van der Waals surface area contributed by atoms with Crippen LogP contribution >= 0.6 is 0 Å². The van der Waals surface area contributed by atoms with E-state index in [1.165, 1.54) is 80.0 Å². The van der Waals surface area contributed by atoms with Crippen molar-refractivity contribution < 1.29 is 18.6 Å². The van der Waals surface area contributed by atoms with Gasteiger partial charge in [-0.2, -0.15) is 0 Å². The number of aryl methyl sites for hydroxylation is 2. The maximum atomic E-state index is 6.03. The minimum atomic E-state index is 0.750. The van der Waals surface area contributed by atoms with Crippen LogP contribution in [0.1, 0.15) is 97.3 Å². The molecule has 4 nitrogen and oxygen atoms in total. The number of aromatic nitrogens is 2. The van der Waals surface area contributed by atoms with Crippen LogP contribution in [0.25, 0.3) is 22.3 Å². The highest BCUT2D eigenvalue weighted by Gasteiger charge is 2.06. The van der Waals surface area contributed by atoms with Crippen LogP contribution in [0.5, 0.6) is 11.5 Å². The number of rotatable bonds is 22. The third-order valence-electron chi connectivity index (χ3n) is 8.62. The fourth-order valence-electron chi connectivity index (χ4n) is 5.69. The summed E-state index contributed by atoms with van der Waals surface area (Å²) in [6.07, 6.45) is 25.5. The molecule has 4 aromatic rings. The molecule has 0 spiro atoms. The first-order valence-corrected chi connectivity index (χ1v) is 17.7. The van der Waals surface area contributed by atoms with Crippen molar-refractivity contribution in [1.29, 1.82) is 0 Å². The van der Waals surface area contributed by atoms with Gasteiger partial charge in [0.25, 0.3) is 0 Å². The number of hydrogen-bond donors (Lipinski definition) is 0. The molecule has 240 valence electrons. The largest absolute Gasteiger partial charge is 0.494 e. The standard InChI is InChI=1S/C41H56N2O2/c1-3-5-6-7-8-9-10-11-12-15-34-44-40-21-17-36(18-22-40)37-19-23-41(24-20-37)45-35-16-13-14-29-43-32-27-39(28-33-43)38-25-30-42(4-2)31-26-38/h17-28,30-33H,3-16,29,34-35H2,1-2H3/q+2. The predicted molar refractivity (Wildman–Crippen MR) is 187 cm³/mol. The van der Waals surface area contributed by atoms with Crippen molar-refractivity contribution in [1.82, 2.24) is 0 Å². The molecule has 4 heteroatoms. The Morgan fingerprint density at radius 3 is 1.22 bits per heavy atom. The normalized spacial score (nSPS) is 11.1. The van der Waals surface area contributed by atoms with Crippen LogP contribution in [-0.4, -0.2) is 13.2 Å². The van der Waals surface area contributed by atoms with Crippen LogP contribution in [-0.2, 0) is 13.1 Å². The fraction of sp³-hybridized carbons (Fsp3) is 0.463. The minimum Gasteiger partial charge on any atom is -0.494 e. The van der Waals surface area contributed by atoms with Gasteiger partial charge in [0, 0.05) is 30.7 Å². The highest BCUT2D eigenvalue weighted by molar-refractivity contribution is 5.65. The monoisotopic (exact) mass is 608 g/mol. The van der Waals surface area contributed by atoms with Gasteiger partial charge in [-0.1, -0.05) is 89.0 Å². The summed E-state index contributed by atoms with van der Waals surface area (Å²) in [7, 11) is 0. The topological polar surface area (TPSA) is 26.2 Å². The minimum absolute atomic E-state index is 0.750. The first-order chi connectivity index (χ1) is 22.2. The number of unbranched alkanes of at least 4 members (excludes halogenated alkanes) is 11. The summed E-state index contributed by atoms with van der Waals surface area (Å²) in [5.41, 5.74) is 4.92. The van der Waals surface area contributed by atoms with Crippen LogP contribution in [0, 0.1) is 0 Å². The Kier molecular flexibility index (Phi) is 15.5. The van der Waals surface area contributed by atoms with Gasteiger partial charge in [-0.05, 0) is 72.7 Å². The second kappa shape index (κ2) is 20.4. The molecule has 0 amide bonds. The number of hydrogen-bond acceptors (Lipinski definition) is 2. The highest BCUT2D eigenvalue weighted by Crippen LogP contribution is 2.25. The van der Waals surface area contributed by atoms with Gasteiger partial charge >= 0.3 is 0 Å². The molecule has 0 unspecified atom stereocenters. The highest BCUT2D eigenvalue weighted by atomic mass is 16.5. The van der Waals surface area contributed by atoms with E-state index in [1.54, 1.807) is 0 Å². The molecule has 0 atom stereocenters. The van der Waals surface area contributed by atoms with E-state index in [9.17, 15) is 0 Å². The van der Waals surface area contributed by atoms with Crippen molar-refractivity contribution in [2.24, 2.45) is 0 Å². The molecule has 45 heavy (non-hydrogen) atoms. The van der Waals surface area contributed by atoms with E-state index < -0.39 is 0 Å². The number of ether oxygens (including phenoxy) is 2. The molecule has 2 aromatic heterocycles. The van der Waals surface area contributed by atoms with E-state index in [0.717, 1.165) is 63.5 Å². The maximum Gasteiger partial charge on any atom is 0.169 e. The van der Waals surface area contributed by atoms with Crippen molar-refractivity contribution in [3.05, 3.63) is 97.6 Å². The summed E-state index contributed by atoms with van der Waals surface area (Å²) >= 11 is 0. The Balaban J connectivity index is 1.05. The SMILES string of the molecule is CCCCCCCCCCCCOc1ccc(-c2ccc(OCCCCC[n+]3ccc(-c4cc[n+](CC)cc4)cc3)cc2)cc1. The quantitative estimate of drug-likeness (QED) is 0.0655. The van der Waals surface area contributed by atoms with Crippen LogP contribution < -0.4 is 18.6 Å². The lowest BCUT2D eigenvalue weighted by Crippen LogP contribution is -2.32. The average molecular weight is 609 g/mol. The van der Waals surface area contributed by atoms with Crippen LogP contribution in [0.4, 0.5) is 0 Å². The maximum absolute atomic E-state index is 6.03. The molecule has 0 saturated heterocycles. The summed E-state index contributed by atoms with van der Waals surface area (Å²) in [5.74, 6) is 1.90. The van der Waals surface area contributed by atoms with Gasteiger partial charge in [0.15, 0.2) is 24.8 Å². The van der Waals surface area contributed by atoms with E-state index in [1.807, 2.05) is 0 Å². The Morgan fingerprint density at radius 2 is 0.778 bits per heavy atom. The molecule has 0 N–H and O–H groups in total. The Morgan fingerprint density at radius 1 is 0.400 bits per heavy atom. The third-order valence-corrected chi connectivity index (χ3v) is 8.62. The molecule has 0 saturated carbocycles. The third kappa shape index (κ3) is 12.7. The lowest BCUT2D eigenvalue weighted by atomic mass is 10.1. The van der Waals surface area contributed by atoms with Crippen LogP contribution in [0.2, 0.25) is 0 Å². The van der Waals surface area contributed by atoms with Crippen molar-refractivity contribution >= 4 is 0 Å². The molecule has 0 bridgehead atoms. The molecular formula is C41H56N2O2+2. The Bertz CT molecular complexity index is 1320. The van der Waals surface area contributed by atoms with Gasteiger partial charge in [0.05, 0.1) is 13.2 Å². The van der Waals surface area contributed by atoms with Gasteiger partial charge in [-0.25, -0.2) is 9.13 Å². The van der Waals surface area contributed by atoms with Gasteiger partial charge in [-0.3, -0.25) is 0 Å². The number of benzene rings is 2. The van der Waals surface area contributed by atoms with E-state index in [4.69, 9.17) is 9.47 Å². The average Bonchev–Trinajstić information content (AvgIpc) is 3.09. The zero-order valence-electron chi connectivity index (χ0n) is 28.0. The number of pyridine rings is 2. The molecule has 0 aliphatic rings. The van der Waals surface area contributed by atoms with E-state index in [-0.39, 0.29) is 0 Å². The lowest BCUT2D eigenvalue weighted by Gasteiger charge is -2.09. The zero-order chi connectivity index (χ0) is 31.4. The molecular weight excluding hydrogens is 552 g/mol. The lowest BCUT2D eigenvalue weighted by molar-refractivity contribution is -0.697. The first-order valence-electron chi connectivity index (χ1n) is 17.7. The first kappa shape index (κ1) is 34.2. The van der Waals surface area contributed by atoms with Gasteiger partial charge in [0.2, 0.25) is 0 Å². The van der Waals surface area contributed by atoms with Crippen molar-refractivity contribution in [3.63, 3.8) is 0 Å². The van der Waals surface area contributed by atoms with Gasteiger partial charge in [0.1, 0.15) is 24.6 Å². The second-order valence-electron chi connectivity index (χ2n) is 12.2. The molecule has 4 rings (SSSR count). The van der Waals surface area contributed by atoms with Crippen LogP contribution in [0.3, 0.4) is 0 Å². The molecule has 0 fully saturated rings. The van der Waals surface area contributed by atoms with Crippen molar-refractivity contribution in [2.45, 2.75) is 110 Å². The molecule has 0 aliphatic heterocycles. The summed E-state index contributed by atoms with van der Waals surface area (Å²) in [6.45, 7) is 8.02. The fourth-order valence-corrected chi connectivity index (χ4v) is 5.69. The van der Waals surface area contributed by atoms with Crippen molar-refractivity contribution in [3.8, 4) is 33.8 Å². The second-order valence-corrected chi connectivity index (χ2v) is 12.2. The number of nitrogens with zero attached hydrogens (tertiary/aromatic N) is 2. The Hall–Kier alpha value is -3.66. The predicted octanol–water partition coefficient (Wildman–Crippen LogP) is 10.2. The molecule has 2 heterocycles. The van der Waals surface area contributed by atoms with Gasteiger partial charge < -0.3 is 9.47 Å². The van der Waals surface area contributed by atoms with E-state index in [2.05, 4.69) is 121 Å². The van der Waals surface area contributed by atoms with Crippen molar-refractivity contribution in [2.75, 3.05) is 13.2 Å². The van der Waals surface area contributed by atoms with E-state index in [0.29, 0.717) is 0 Å². The summed E-state index contributed by atoms with van der Waals surface area (Å²) in [4.78, 5) is 0. The van der Waals surface area contributed by atoms with E-state index >= 15 is 0 Å². The molecule has 2 aromatic carbocycles. The molecule has 0 radical (unpaired) electrons. The molecule has 0 aliphatic carbocycles. The smallest absolute Gasteiger partial charge is 0.169 e. The zero-order valence-corrected chi connectivity index (χ0v) is 28.0. The van der Waals surface area contributed by atoms with Crippen LogP contribution in [0.15, 0.2) is 97.6 Å². The summed E-state index contributed by atoms with van der Waals surface area (Å²) in [5, 5.41) is 0. The Labute approximate surface area is 273 Å². The summed E-state index contributed by atoms with van der Waals surface area (Å²) < 4.78 is 16.5.